The molecule has 1 aromatic heterocycles. The highest BCUT2D eigenvalue weighted by Crippen LogP contribution is 2.32. The van der Waals surface area contributed by atoms with Crippen LogP contribution in [0.15, 0.2) is 55.1 Å². The van der Waals surface area contributed by atoms with Gasteiger partial charge in [0.05, 0.1) is 11.1 Å². The summed E-state index contributed by atoms with van der Waals surface area (Å²) in [5.41, 5.74) is 10.1. The third-order valence-electron chi connectivity index (χ3n) is 3.82. The van der Waals surface area contributed by atoms with E-state index in [9.17, 15) is 9.59 Å². The number of aromatic amines is 1. The van der Waals surface area contributed by atoms with Gasteiger partial charge in [-0.25, -0.2) is 0 Å². The van der Waals surface area contributed by atoms with E-state index in [4.69, 9.17) is 5.73 Å². The lowest BCUT2D eigenvalue weighted by molar-refractivity contribution is -0.111. The van der Waals surface area contributed by atoms with Gasteiger partial charge >= 0.3 is 0 Å². The predicted octanol–water partition coefficient (Wildman–Crippen LogP) is 3.37. The maximum absolute atomic E-state index is 11.6. The number of fused-ring (bicyclic) bond motifs is 1. The third-order valence-corrected chi connectivity index (χ3v) is 3.82. The fourth-order valence-electron chi connectivity index (χ4n) is 2.77. The van der Waals surface area contributed by atoms with Crippen LogP contribution in [0.1, 0.15) is 16.1 Å². The molecule has 4 N–H and O–H groups in total. The monoisotopic (exact) mass is 319 g/mol. The second kappa shape index (κ2) is 6.04. The van der Waals surface area contributed by atoms with Crippen molar-refractivity contribution in [3.05, 3.63) is 66.4 Å². The molecule has 3 aromatic rings. The van der Waals surface area contributed by atoms with Crippen LogP contribution in [0.2, 0.25) is 0 Å². The van der Waals surface area contributed by atoms with Crippen molar-refractivity contribution < 1.29 is 9.59 Å². The number of hydrogen-bond donors (Lipinski definition) is 3. The third kappa shape index (κ3) is 2.79. The van der Waals surface area contributed by atoms with Crippen molar-refractivity contribution in [2.75, 3.05) is 5.32 Å². The molecule has 5 heteroatoms. The fourth-order valence-corrected chi connectivity index (χ4v) is 2.77. The molecule has 24 heavy (non-hydrogen) atoms. The zero-order chi connectivity index (χ0) is 17.3. The number of rotatable bonds is 4. The molecule has 2 aromatic carbocycles. The summed E-state index contributed by atoms with van der Waals surface area (Å²) in [6.45, 7) is 5.37. The first-order valence-corrected chi connectivity index (χ1v) is 7.45. The summed E-state index contributed by atoms with van der Waals surface area (Å²) >= 11 is 0. The zero-order valence-corrected chi connectivity index (χ0v) is 13.2. The number of amides is 2. The number of carbonyl (C=O) groups is 2. The van der Waals surface area contributed by atoms with Gasteiger partial charge in [0.2, 0.25) is 5.91 Å². The molecule has 0 atom stereocenters. The number of aryl methyl sites for hydroxylation is 1. The molecule has 0 radical (unpaired) electrons. The van der Waals surface area contributed by atoms with Gasteiger partial charge in [-0.05, 0) is 48.4 Å². The van der Waals surface area contributed by atoms with Gasteiger partial charge in [-0.2, -0.15) is 0 Å². The van der Waals surface area contributed by atoms with Gasteiger partial charge in [0.15, 0.2) is 0 Å². The Hall–Kier alpha value is -3.34. The number of H-pyrrole nitrogens is 1. The van der Waals surface area contributed by atoms with E-state index in [2.05, 4.69) is 16.9 Å². The maximum Gasteiger partial charge on any atom is 0.250 e. The number of nitrogens with one attached hydrogen (secondary N) is 2. The van der Waals surface area contributed by atoms with Gasteiger partial charge in [0.1, 0.15) is 0 Å². The van der Waals surface area contributed by atoms with Crippen LogP contribution < -0.4 is 11.1 Å². The number of hydrogen-bond acceptors (Lipinski definition) is 2. The highest BCUT2D eigenvalue weighted by Gasteiger charge is 2.13. The molecule has 0 fully saturated rings. The quantitative estimate of drug-likeness (QED) is 0.644. The average Bonchev–Trinajstić information content (AvgIpc) is 2.94. The van der Waals surface area contributed by atoms with Crippen molar-refractivity contribution in [3.63, 3.8) is 0 Å². The smallest absolute Gasteiger partial charge is 0.250 e. The molecule has 2 amide bonds. The number of carbonyl (C=O) groups excluding carboxylic acids is 2. The first-order valence-electron chi connectivity index (χ1n) is 7.45. The molecule has 0 bridgehead atoms. The first-order chi connectivity index (χ1) is 11.5. The Balaban J connectivity index is 2.15. The number of benzene rings is 2. The molecule has 0 aliphatic heterocycles. The lowest BCUT2D eigenvalue weighted by Crippen LogP contribution is -2.11. The molecule has 0 saturated carbocycles. The van der Waals surface area contributed by atoms with E-state index in [-0.39, 0.29) is 5.91 Å². The molecule has 0 unspecified atom stereocenters. The van der Waals surface area contributed by atoms with E-state index in [0.717, 1.165) is 27.7 Å². The van der Waals surface area contributed by atoms with Crippen molar-refractivity contribution in [2.45, 2.75) is 6.92 Å². The van der Waals surface area contributed by atoms with Crippen LogP contribution in [0.3, 0.4) is 0 Å². The average molecular weight is 319 g/mol. The van der Waals surface area contributed by atoms with Gasteiger partial charge in [-0.1, -0.05) is 24.8 Å². The Morgan fingerprint density at radius 2 is 2.00 bits per heavy atom. The molecule has 5 nitrogen and oxygen atoms in total. The summed E-state index contributed by atoms with van der Waals surface area (Å²) in [5, 5.41) is 3.66. The molecule has 3 rings (SSSR count). The Morgan fingerprint density at radius 1 is 1.21 bits per heavy atom. The van der Waals surface area contributed by atoms with Crippen molar-refractivity contribution >= 4 is 28.4 Å². The van der Waals surface area contributed by atoms with Crippen LogP contribution in [0.5, 0.6) is 0 Å². The number of primary amides is 1. The molecular formula is C19H17N3O2. The Morgan fingerprint density at radius 3 is 2.71 bits per heavy atom. The minimum absolute atomic E-state index is 0.265. The van der Waals surface area contributed by atoms with Crippen LogP contribution >= 0.6 is 0 Å². The topological polar surface area (TPSA) is 88.0 Å². The second-order valence-corrected chi connectivity index (χ2v) is 5.54. The van der Waals surface area contributed by atoms with E-state index < -0.39 is 5.91 Å². The van der Waals surface area contributed by atoms with E-state index in [1.165, 1.54) is 6.08 Å². The summed E-state index contributed by atoms with van der Waals surface area (Å²) in [6.07, 6.45) is 1.22. The van der Waals surface area contributed by atoms with Crippen LogP contribution in [0.25, 0.3) is 22.0 Å². The lowest BCUT2D eigenvalue weighted by Gasteiger charge is -2.09. The summed E-state index contributed by atoms with van der Waals surface area (Å²) in [4.78, 5) is 26.3. The van der Waals surface area contributed by atoms with Crippen molar-refractivity contribution in [3.8, 4) is 11.1 Å². The first kappa shape index (κ1) is 15.6. The van der Waals surface area contributed by atoms with Crippen molar-refractivity contribution in [1.82, 2.24) is 4.98 Å². The van der Waals surface area contributed by atoms with Crippen LogP contribution in [0.4, 0.5) is 5.69 Å². The molecule has 0 aliphatic carbocycles. The highest BCUT2D eigenvalue weighted by atomic mass is 16.1. The van der Waals surface area contributed by atoms with Crippen LogP contribution in [-0.2, 0) is 4.79 Å². The summed E-state index contributed by atoms with van der Waals surface area (Å²) in [6, 6.07) is 13.1. The van der Waals surface area contributed by atoms with Gasteiger partial charge in [-0.3, -0.25) is 9.59 Å². The standard InChI is InChI=1S/C19H17N3O2/c1-3-17(23)22-13-6-4-5-12(10-13)14-7-8-15(19(20)24)18-16(14)9-11(2)21-18/h3-10,21H,1H2,2H3,(H2,20,24)(H,22,23). The molecule has 0 spiro atoms. The van der Waals surface area contributed by atoms with Gasteiger partial charge in [0, 0.05) is 16.8 Å². The summed E-state index contributed by atoms with van der Waals surface area (Å²) < 4.78 is 0. The zero-order valence-electron chi connectivity index (χ0n) is 13.2. The number of nitrogens with two attached hydrogens (primary N) is 1. The van der Waals surface area contributed by atoms with Gasteiger partial charge in [-0.15, -0.1) is 0 Å². The second-order valence-electron chi connectivity index (χ2n) is 5.54. The SMILES string of the molecule is C=CC(=O)Nc1cccc(-c2ccc(C(N)=O)c3[nH]c(C)cc23)c1. The fraction of sp³-hybridized carbons (Fsp3) is 0.0526. The molecule has 120 valence electrons. The van der Waals surface area contributed by atoms with Crippen molar-refractivity contribution in [2.24, 2.45) is 5.73 Å². The lowest BCUT2D eigenvalue weighted by atomic mass is 9.98. The molecule has 0 aliphatic rings. The van der Waals surface area contributed by atoms with E-state index in [1.54, 1.807) is 6.07 Å². The normalized spacial score (nSPS) is 10.5. The molecule has 0 saturated heterocycles. The van der Waals surface area contributed by atoms with Crippen LogP contribution in [-0.4, -0.2) is 16.8 Å². The Labute approximate surface area is 139 Å². The molecule has 1 heterocycles. The Bertz CT molecular complexity index is 970. The van der Waals surface area contributed by atoms with E-state index in [1.807, 2.05) is 43.3 Å². The predicted molar refractivity (Wildman–Crippen MR) is 95.8 cm³/mol. The van der Waals surface area contributed by atoms with E-state index >= 15 is 0 Å². The Kier molecular flexibility index (Phi) is 3.92. The van der Waals surface area contributed by atoms with Gasteiger partial charge in [0.25, 0.3) is 5.91 Å². The largest absolute Gasteiger partial charge is 0.366 e. The maximum atomic E-state index is 11.6. The summed E-state index contributed by atoms with van der Waals surface area (Å²) in [7, 11) is 0. The highest BCUT2D eigenvalue weighted by molar-refractivity contribution is 6.09. The van der Waals surface area contributed by atoms with Crippen LogP contribution in [0, 0.1) is 6.92 Å². The molecular weight excluding hydrogens is 302 g/mol. The minimum Gasteiger partial charge on any atom is -0.366 e. The number of aromatic nitrogens is 1. The van der Waals surface area contributed by atoms with Crippen molar-refractivity contribution in [1.29, 1.82) is 0 Å². The van der Waals surface area contributed by atoms with E-state index in [0.29, 0.717) is 11.3 Å². The summed E-state index contributed by atoms with van der Waals surface area (Å²) in [5.74, 6) is -0.737. The number of anilines is 1. The van der Waals surface area contributed by atoms with Gasteiger partial charge < -0.3 is 16.0 Å². The minimum atomic E-state index is -0.472.